The molecule has 2 fully saturated rings. The van der Waals surface area contributed by atoms with Gasteiger partial charge in [0.15, 0.2) is 6.10 Å². The maximum Gasteiger partial charge on any atom is 0.410 e. The Morgan fingerprint density at radius 3 is 2.14 bits per heavy atom. The van der Waals surface area contributed by atoms with Gasteiger partial charge in [-0.15, -0.1) is 0 Å². The maximum absolute atomic E-state index is 14.2. The van der Waals surface area contributed by atoms with Gasteiger partial charge in [0, 0.05) is 39.6 Å². The number of aliphatic hydroxyl groups excluding tert-OH is 1. The SMILES string of the molecule is CCC[C@H](NC(=O)[C@@H](NC(=O)c1cnccn1)C1CCCCC1)C(=O)NC1CN(C(=O)OC(C)(C)C)CC1C(=O)N[C@@H](CCC)C(O)C(=O)NCC(=O)N[C@H](C(=O)N(C)C)c1ccccc1. The monoisotopic (exact) mass is 921 g/mol. The molecule has 20 nitrogen and oxygen atoms in total. The normalized spacial score (nSPS) is 18.6. The van der Waals surface area contributed by atoms with Crippen LogP contribution < -0.4 is 31.9 Å². The third kappa shape index (κ3) is 15.5. The Hall–Kier alpha value is -6.18. The number of nitrogens with one attached hydrogen (secondary N) is 6. The Morgan fingerprint density at radius 2 is 1.53 bits per heavy atom. The van der Waals surface area contributed by atoms with E-state index in [0.29, 0.717) is 31.2 Å². The number of hydrogen-bond acceptors (Lipinski definition) is 12. The first kappa shape index (κ1) is 52.4. The summed E-state index contributed by atoms with van der Waals surface area (Å²) in [6.45, 7) is 7.78. The molecule has 1 aromatic carbocycles. The summed E-state index contributed by atoms with van der Waals surface area (Å²) in [5, 5.41) is 27.5. The van der Waals surface area contributed by atoms with Crippen molar-refractivity contribution < 1.29 is 48.2 Å². The summed E-state index contributed by atoms with van der Waals surface area (Å²) in [7, 11) is 3.10. The van der Waals surface area contributed by atoms with Crippen LogP contribution in [0.25, 0.3) is 0 Å². The molecule has 1 aliphatic heterocycles. The van der Waals surface area contributed by atoms with Gasteiger partial charge in [-0.1, -0.05) is 76.3 Å². The fourth-order valence-electron chi connectivity index (χ4n) is 8.06. The van der Waals surface area contributed by atoms with Crippen LogP contribution in [0.15, 0.2) is 48.9 Å². The molecule has 7 atom stereocenters. The number of hydrogen-bond donors (Lipinski definition) is 7. The lowest BCUT2D eigenvalue weighted by molar-refractivity contribution is -0.136. The van der Waals surface area contributed by atoms with Crippen molar-refractivity contribution in [3.05, 3.63) is 60.2 Å². The summed E-state index contributed by atoms with van der Waals surface area (Å²) in [6.07, 6.45) is 6.97. The first-order valence-electron chi connectivity index (χ1n) is 22.8. The number of carbonyl (C=O) groups excluding carboxylic acids is 8. The molecule has 8 amide bonds. The van der Waals surface area contributed by atoms with E-state index in [2.05, 4.69) is 41.9 Å². The third-order valence-corrected chi connectivity index (χ3v) is 11.5. The second-order valence-electron chi connectivity index (χ2n) is 18.1. The highest BCUT2D eigenvalue weighted by Gasteiger charge is 2.44. The predicted molar refractivity (Wildman–Crippen MR) is 242 cm³/mol. The largest absolute Gasteiger partial charge is 0.444 e. The minimum Gasteiger partial charge on any atom is -0.444 e. The molecule has 1 aliphatic carbocycles. The summed E-state index contributed by atoms with van der Waals surface area (Å²) in [5.41, 5.74) is -0.310. The number of likely N-dealkylation sites (tertiary alicyclic amines) is 1. The highest BCUT2D eigenvalue weighted by molar-refractivity contribution is 5.97. The van der Waals surface area contributed by atoms with E-state index in [1.165, 1.54) is 28.4 Å². The number of carbonyl (C=O) groups is 8. The molecule has 7 N–H and O–H groups in total. The number of amides is 8. The third-order valence-electron chi connectivity index (χ3n) is 11.5. The minimum atomic E-state index is -1.82. The van der Waals surface area contributed by atoms with Crippen LogP contribution in [-0.2, 0) is 33.5 Å². The average molecular weight is 921 g/mol. The first-order valence-corrected chi connectivity index (χ1v) is 22.8. The zero-order chi connectivity index (χ0) is 48.6. The Bertz CT molecular complexity index is 1980. The van der Waals surface area contributed by atoms with E-state index < -0.39 is 102 Å². The van der Waals surface area contributed by atoms with Gasteiger partial charge >= 0.3 is 6.09 Å². The van der Waals surface area contributed by atoms with Crippen molar-refractivity contribution >= 4 is 47.4 Å². The summed E-state index contributed by atoms with van der Waals surface area (Å²) in [4.78, 5) is 119. The van der Waals surface area contributed by atoms with Gasteiger partial charge in [-0.05, 0) is 57.9 Å². The van der Waals surface area contributed by atoms with Crippen LogP contribution in [0.3, 0.4) is 0 Å². The molecule has 2 aliphatic rings. The zero-order valence-electron chi connectivity index (χ0n) is 39.1. The maximum atomic E-state index is 14.2. The fourth-order valence-corrected chi connectivity index (χ4v) is 8.06. The number of aliphatic hydroxyl groups is 1. The standard InChI is InChI=1S/C46H68N10O10/c1-8-16-31(38(58)43(63)49-25-35(57)53-37(44(64)55(6)7)29-20-14-11-15-21-29)50-39(59)30-26-56(45(65)66-46(3,4)5)27-34(30)52-40(60)32(17-9-2)51-42(62)36(28-18-12-10-13-19-28)54-41(61)33-24-47-22-23-48-33/h11,14-15,20-24,28,30-32,34,36-38,58H,8-10,12-13,16-19,25-27H2,1-7H3,(H,49,63)(H,50,59)(H,51,62)(H,52,60)(H,53,57)(H,54,61)/t30?,31-,32-,34?,36-,37-,38?/m0/s1. The van der Waals surface area contributed by atoms with Crippen LogP contribution in [-0.4, -0.2) is 142 Å². The van der Waals surface area contributed by atoms with E-state index in [9.17, 15) is 43.5 Å². The highest BCUT2D eigenvalue weighted by atomic mass is 16.6. The van der Waals surface area contributed by atoms with Gasteiger partial charge in [0.05, 0.1) is 30.7 Å². The number of aromatic nitrogens is 2. The molecule has 2 aromatic rings. The summed E-state index contributed by atoms with van der Waals surface area (Å²) < 4.78 is 5.59. The minimum absolute atomic E-state index is 0.0397. The van der Waals surface area contributed by atoms with Crippen LogP contribution in [0.5, 0.6) is 0 Å². The molecule has 20 heteroatoms. The van der Waals surface area contributed by atoms with Gasteiger partial charge in [0.1, 0.15) is 29.4 Å². The first-order chi connectivity index (χ1) is 31.3. The molecule has 1 saturated carbocycles. The van der Waals surface area contributed by atoms with Gasteiger partial charge < -0.3 is 51.5 Å². The predicted octanol–water partition coefficient (Wildman–Crippen LogP) is 1.50. The van der Waals surface area contributed by atoms with Crippen LogP contribution in [0, 0.1) is 11.8 Å². The zero-order valence-corrected chi connectivity index (χ0v) is 39.1. The van der Waals surface area contributed by atoms with Crippen molar-refractivity contribution in [2.24, 2.45) is 11.8 Å². The van der Waals surface area contributed by atoms with E-state index in [1.807, 2.05) is 6.92 Å². The van der Waals surface area contributed by atoms with E-state index in [4.69, 9.17) is 4.74 Å². The quantitative estimate of drug-likeness (QED) is 0.0997. The van der Waals surface area contributed by atoms with E-state index >= 15 is 0 Å². The van der Waals surface area contributed by atoms with Crippen molar-refractivity contribution in [1.82, 2.24) is 51.7 Å². The molecular formula is C46H68N10O10. The highest BCUT2D eigenvalue weighted by Crippen LogP contribution is 2.27. The second-order valence-corrected chi connectivity index (χ2v) is 18.1. The Kier molecular flexibility index (Phi) is 19.8. The number of benzene rings is 1. The van der Waals surface area contributed by atoms with E-state index in [1.54, 1.807) is 72.1 Å². The Balaban J connectivity index is 1.48. The number of ether oxygens (including phenoxy) is 1. The van der Waals surface area contributed by atoms with Crippen molar-refractivity contribution in [2.75, 3.05) is 33.7 Å². The fraction of sp³-hybridized carbons (Fsp3) is 0.609. The summed E-state index contributed by atoms with van der Waals surface area (Å²) >= 11 is 0. The molecular weight excluding hydrogens is 853 g/mol. The molecule has 362 valence electrons. The number of nitrogens with zero attached hydrogens (tertiary/aromatic N) is 4. The summed E-state index contributed by atoms with van der Waals surface area (Å²) in [6, 6.07) is 3.35. The molecule has 1 aromatic heterocycles. The number of likely N-dealkylation sites (N-methyl/N-ethyl adjacent to an activating group) is 1. The lowest BCUT2D eigenvalue weighted by Gasteiger charge is -2.31. The van der Waals surface area contributed by atoms with Crippen molar-refractivity contribution in [1.29, 1.82) is 0 Å². The smallest absolute Gasteiger partial charge is 0.410 e. The molecule has 0 radical (unpaired) electrons. The molecule has 1 saturated heterocycles. The van der Waals surface area contributed by atoms with Gasteiger partial charge in [-0.3, -0.25) is 38.5 Å². The lowest BCUT2D eigenvalue weighted by Crippen LogP contribution is -2.58. The van der Waals surface area contributed by atoms with Gasteiger partial charge in [0.2, 0.25) is 29.5 Å². The molecule has 4 rings (SSSR count). The van der Waals surface area contributed by atoms with Gasteiger partial charge in [0.25, 0.3) is 11.8 Å². The number of rotatable bonds is 20. The average Bonchev–Trinajstić information content (AvgIpc) is 3.72. The van der Waals surface area contributed by atoms with E-state index in [-0.39, 0.29) is 37.5 Å². The topological polar surface area (TPSA) is 270 Å². The van der Waals surface area contributed by atoms with Crippen LogP contribution >= 0.6 is 0 Å². The Morgan fingerprint density at radius 1 is 0.848 bits per heavy atom. The van der Waals surface area contributed by atoms with Crippen molar-refractivity contribution in [2.45, 2.75) is 134 Å². The van der Waals surface area contributed by atoms with E-state index in [0.717, 1.165) is 19.3 Å². The van der Waals surface area contributed by atoms with Gasteiger partial charge in [-0.25, -0.2) is 9.78 Å². The van der Waals surface area contributed by atoms with Crippen molar-refractivity contribution in [3.8, 4) is 0 Å². The van der Waals surface area contributed by atoms with Gasteiger partial charge in [-0.2, -0.15) is 0 Å². The van der Waals surface area contributed by atoms with Crippen LogP contribution in [0.1, 0.15) is 114 Å². The molecule has 3 unspecified atom stereocenters. The van der Waals surface area contributed by atoms with Crippen LogP contribution in [0.4, 0.5) is 4.79 Å². The van der Waals surface area contributed by atoms with Crippen molar-refractivity contribution in [3.63, 3.8) is 0 Å². The molecule has 2 heterocycles. The lowest BCUT2D eigenvalue weighted by atomic mass is 9.83. The molecule has 0 spiro atoms. The summed E-state index contributed by atoms with van der Waals surface area (Å²) in [5.74, 6) is -5.75. The molecule has 66 heavy (non-hydrogen) atoms. The Labute approximate surface area is 386 Å². The van der Waals surface area contributed by atoms with Crippen LogP contribution in [0.2, 0.25) is 0 Å². The second kappa shape index (κ2) is 24.9. The molecule has 0 bridgehead atoms.